The quantitative estimate of drug-likeness (QED) is 0.0543. The average Bonchev–Trinajstić information content (AvgIpc) is 2.97. The highest BCUT2D eigenvalue weighted by Gasteiger charge is 2.42. The minimum Gasteiger partial charge on any atom is -0.462 e. The number of nitrogens with zero attached hydrogens (tertiary/aromatic N) is 3. The van der Waals surface area contributed by atoms with Crippen LogP contribution in [0.15, 0.2) is 33.2 Å². The Kier molecular flexibility index (Phi) is 17.6. The minimum atomic E-state index is -0.524. The molecule has 0 aromatic rings. The number of rotatable bonds is 14. The van der Waals surface area contributed by atoms with Gasteiger partial charge >= 0.3 is 18.0 Å². The number of aliphatic imine (C=N–C) groups is 3. The van der Waals surface area contributed by atoms with Crippen molar-refractivity contribution in [2.24, 2.45) is 42.6 Å². The van der Waals surface area contributed by atoms with E-state index >= 15 is 0 Å². The highest BCUT2D eigenvalue weighted by Crippen LogP contribution is 2.47. The van der Waals surface area contributed by atoms with Crippen molar-refractivity contribution in [1.82, 2.24) is 5.32 Å². The maximum atomic E-state index is 12.0. The summed E-state index contributed by atoms with van der Waals surface area (Å²) in [6.45, 7) is 22.8. The third-order valence-electron chi connectivity index (χ3n) is 8.46. The fourth-order valence-electron chi connectivity index (χ4n) is 7.30. The lowest BCUT2D eigenvalue weighted by atomic mass is 9.62. The fraction of sp³-hybridized carbons (Fsp3) is 0.757. The van der Waals surface area contributed by atoms with E-state index in [4.69, 9.17) is 14.2 Å². The molecule has 0 saturated heterocycles. The normalized spacial score (nSPS) is 24.9. The Morgan fingerprint density at radius 2 is 1.39 bits per heavy atom. The van der Waals surface area contributed by atoms with Crippen molar-refractivity contribution >= 4 is 36.1 Å². The van der Waals surface area contributed by atoms with E-state index in [0.29, 0.717) is 31.7 Å². The average molecular weight is 687 g/mol. The number of hydrogen-bond acceptors (Lipinski definition) is 11. The summed E-state index contributed by atoms with van der Waals surface area (Å²) in [5.41, 5.74) is 0.374. The molecule has 2 aliphatic carbocycles. The number of amides is 1. The van der Waals surface area contributed by atoms with Crippen LogP contribution in [0.2, 0.25) is 0 Å². The molecule has 0 aromatic heterocycles. The monoisotopic (exact) mass is 686 g/mol. The van der Waals surface area contributed by atoms with Crippen LogP contribution in [0, 0.1) is 27.6 Å². The summed E-state index contributed by atoms with van der Waals surface area (Å²) in [5, 5.41) is 2.88. The molecule has 0 aromatic carbocycles. The molecule has 1 amide bonds. The maximum absolute atomic E-state index is 12.0. The highest BCUT2D eigenvalue weighted by atomic mass is 16.6. The van der Waals surface area contributed by atoms with Gasteiger partial charge in [-0.15, -0.1) is 0 Å². The summed E-state index contributed by atoms with van der Waals surface area (Å²) in [6, 6.07) is 0.108. The third kappa shape index (κ3) is 17.9. The third-order valence-corrected chi connectivity index (χ3v) is 8.46. The molecular formula is C37H58N4O8. The highest BCUT2D eigenvalue weighted by molar-refractivity contribution is 5.86. The van der Waals surface area contributed by atoms with Gasteiger partial charge in [-0.3, -0.25) is 4.79 Å². The molecular weight excluding hydrogens is 628 g/mol. The minimum absolute atomic E-state index is 0.0209. The number of carbonyl (C=O) groups excluding carboxylic acids is 5. The Bertz CT molecular complexity index is 1300. The van der Waals surface area contributed by atoms with Crippen LogP contribution in [-0.2, 0) is 33.4 Å². The van der Waals surface area contributed by atoms with Gasteiger partial charge < -0.3 is 19.5 Å². The molecule has 2 rings (SSSR count). The second-order valence-corrected chi connectivity index (χ2v) is 16.1. The first-order valence-corrected chi connectivity index (χ1v) is 17.0. The number of nitrogens with one attached hydrogen (secondary N) is 1. The molecule has 0 bridgehead atoms. The summed E-state index contributed by atoms with van der Waals surface area (Å²) < 4.78 is 15.0. The van der Waals surface area contributed by atoms with Gasteiger partial charge in [0.25, 0.3) is 0 Å². The molecule has 49 heavy (non-hydrogen) atoms. The largest absolute Gasteiger partial charge is 0.462 e. The Morgan fingerprint density at radius 3 is 1.94 bits per heavy atom. The number of ether oxygens (including phenoxy) is 3. The van der Waals surface area contributed by atoms with Crippen molar-refractivity contribution in [2.45, 2.75) is 119 Å². The van der Waals surface area contributed by atoms with Crippen LogP contribution < -0.4 is 5.32 Å². The smallest absolute Gasteiger partial charge is 0.407 e. The Hall–Kier alpha value is -3.84. The molecule has 2 aliphatic rings. The van der Waals surface area contributed by atoms with Crippen LogP contribution in [0.4, 0.5) is 4.79 Å². The number of hydrogen-bond donors (Lipinski definition) is 1. The topological polar surface area (TPSA) is 162 Å². The molecule has 4 atom stereocenters. The zero-order valence-electron chi connectivity index (χ0n) is 31.1. The van der Waals surface area contributed by atoms with Crippen molar-refractivity contribution in [3.8, 4) is 0 Å². The van der Waals surface area contributed by atoms with E-state index < -0.39 is 6.09 Å². The number of alkyl carbamates (subject to hydrolysis) is 1. The molecule has 0 radical (unpaired) electrons. The van der Waals surface area contributed by atoms with Crippen molar-refractivity contribution in [2.75, 3.05) is 32.9 Å². The van der Waals surface area contributed by atoms with Gasteiger partial charge in [0.2, 0.25) is 12.2 Å². The molecule has 274 valence electrons. The summed E-state index contributed by atoms with van der Waals surface area (Å²) >= 11 is 0. The number of esters is 2. The van der Waals surface area contributed by atoms with Crippen LogP contribution in [0.25, 0.3) is 0 Å². The Labute approximate surface area is 292 Å². The molecule has 0 heterocycles. The van der Waals surface area contributed by atoms with Gasteiger partial charge in [-0.25, -0.2) is 34.2 Å². The van der Waals surface area contributed by atoms with E-state index in [2.05, 4.69) is 74.3 Å². The Balaban J connectivity index is 0.000000490. The zero-order valence-corrected chi connectivity index (χ0v) is 31.1. The van der Waals surface area contributed by atoms with Gasteiger partial charge in [0.05, 0.1) is 31.7 Å². The first-order chi connectivity index (χ1) is 22.7. The molecule has 2 fully saturated rings. The van der Waals surface area contributed by atoms with Crippen LogP contribution in [0.1, 0.15) is 107 Å². The van der Waals surface area contributed by atoms with Gasteiger partial charge in [-0.05, 0) is 79.1 Å². The number of carbonyl (C=O) groups is 3. The van der Waals surface area contributed by atoms with Crippen molar-refractivity contribution in [3.63, 3.8) is 0 Å². The molecule has 4 unspecified atom stereocenters. The van der Waals surface area contributed by atoms with Crippen LogP contribution in [0.5, 0.6) is 0 Å². The summed E-state index contributed by atoms with van der Waals surface area (Å²) in [5.74, 6) is 2.07. The predicted molar refractivity (Wildman–Crippen MR) is 188 cm³/mol. The van der Waals surface area contributed by atoms with E-state index in [1.165, 1.54) is 0 Å². The lowest BCUT2D eigenvalue weighted by Crippen LogP contribution is -2.48. The van der Waals surface area contributed by atoms with E-state index in [9.17, 15) is 24.0 Å². The van der Waals surface area contributed by atoms with E-state index in [0.717, 1.165) is 38.5 Å². The molecule has 0 aliphatic heterocycles. The zero-order chi connectivity index (χ0) is 37.3. The van der Waals surface area contributed by atoms with Gasteiger partial charge in [0, 0.05) is 18.0 Å². The van der Waals surface area contributed by atoms with Crippen LogP contribution >= 0.6 is 0 Å². The van der Waals surface area contributed by atoms with Crippen molar-refractivity contribution < 1.29 is 38.2 Å². The lowest BCUT2D eigenvalue weighted by Gasteiger charge is -2.45. The van der Waals surface area contributed by atoms with Crippen LogP contribution in [0.3, 0.4) is 0 Å². The standard InChI is InChI=1S/C19H28N2O3.C18H30N2O5/c1-15(2)17(23)24-9-7-6-8-21-16-10-18(3,4)12-19(5,11-16)13-20-14-22;1-13(2)15(22)24-6-7-25-16(23)20-14-8-17(3,4)10-18(5,9-14)11-19-12-21/h6,16H,1,7,9-13H2,2-5H3;13-14H,6-11H2,1-5H3,(H,20,23). The van der Waals surface area contributed by atoms with Crippen molar-refractivity contribution in [3.05, 3.63) is 18.2 Å². The summed E-state index contributed by atoms with van der Waals surface area (Å²) in [7, 11) is 0. The van der Waals surface area contributed by atoms with Crippen LogP contribution in [-0.4, -0.2) is 81.1 Å². The van der Waals surface area contributed by atoms with Gasteiger partial charge in [-0.1, -0.05) is 62.0 Å². The fourth-order valence-corrected chi connectivity index (χ4v) is 7.30. The SMILES string of the molecule is C=C(C)C(=O)OCCC=C=NC1CC(C)(C)CC(C)(CN=C=O)C1.CC(C)C(=O)OCCOC(=O)NC1CC(C)(C)CC(C)(CN=C=O)C1. The van der Waals surface area contributed by atoms with E-state index in [1.54, 1.807) is 39.0 Å². The first-order valence-electron chi connectivity index (χ1n) is 17.0. The van der Waals surface area contributed by atoms with Gasteiger partial charge in [0.1, 0.15) is 13.2 Å². The first kappa shape index (κ1) is 43.2. The molecule has 1 N–H and O–H groups in total. The summed E-state index contributed by atoms with van der Waals surface area (Å²) in [4.78, 5) is 67.4. The molecule has 0 spiro atoms. The predicted octanol–water partition coefficient (Wildman–Crippen LogP) is 6.48. The second kappa shape index (κ2) is 20.0. The Morgan fingerprint density at radius 1 is 0.837 bits per heavy atom. The molecule has 12 heteroatoms. The molecule has 2 saturated carbocycles. The molecule has 12 nitrogen and oxygen atoms in total. The maximum Gasteiger partial charge on any atom is 0.407 e. The van der Waals surface area contributed by atoms with E-state index in [-0.39, 0.29) is 64.8 Å². The van der Waals surface area contributed by atoms with Gasteiger partial charge in [0.15, 0.2) is 0 Å². The summed E-state index contributed by atoms with van der Waals surface area (Å²) in [6.07, 6.45) is 10.4. The lowest BCUT2D eigenvalue weighted by molar-refractivity contribution is -0.148. The second-order valence-electron chi connectivity index (χ2n) is 16.1. The van der Waals surface area contributed by atoms with E-state index in [1.807, 2.05) is 0 Å². The number of isocyanates is 2. The van der Waals surface area contributed by atoms with Gasteiger partial charge in [-0.2, -0.15) is 0 Å². The van der Waals surface area contributed by atoms with Crippen molar-refractivity contribution in [1.29, 1.82) is 0 Å².